The highest BCUT2D eigenvalue weighted by atomic mass is 35.5. The number of nitrogens with zero attached hydrogens (tertiary/aromatic N) is 3. The lowest BCUT2D eigenvalue weighted by molar-refractivity contribution is -0.137. The summed E-state index contributed by atoms with van der Waals surface area (Å²) in [5.41, 5.74) is 5.21. The van der Waals surface area contributed by atoms with Gasteiger partial charge in [0.25, 0.3) is 5.56 Å². The third-order valence-electron chi connectivity index (χ3n) is 6.08. The first-order chi connectivity index (χ1) is 14.8. The maximum absolute atomic E-state index is 13.0. The summed E-state index contributed by atoms with van der Waals surface area (Å²) in [6.07, 6.45) is 0.634. The minimum atomic E-state index is -4.52. The monoisotopic (exact) mass is 456 g/mol. The van der Waals surface area contributed by atoms with Gasteiger partial charge in [-0.15, -0.1) is 0 Å². The van der Waals surface area contributed by atoms with Crippen LogP contribution in [0.1, 0.15) is 31.2 Å². The average Bonchev–Trinajstić information content (AvgIpc) is 2.76. The highest BCUT2D eigenvalue weighted by Gasteiger charge is 2.34. The molecular weight excluding hydrogens is 433 g/mol. The molecule has 2 atom stereocenters. The Morgan fingerprint density at radius 2 is 1.94 bits per heavy atom. The molecule has 2 saturated heterocycles. The lowest BCUT2D eigenvalue weighted by atomic mass is 9.85. The van der Waals surface area contributed by atoms with Gasteiger partial charge in [-0.2, -0.15) is 23.0 Å². The Morgan fingerprint density at radius 3 is 2.61 bits per heavy atom. The van der Waals surface area contributed by atoms with Crippen molar-refractivity contribution in [3.8, 4) is 5.69 Å². The smallest absolute Gasteiger partial charge is 0.376 e. The molecule has 0 aliphatic carbocycles. The predicted molar refractivity (Wildman–Crippen MR) is 112 cm³/mol. The Hall–Kier alpha value is -2.10. The van der Waals surface area contributed by atoms with Gasteiger partial charge in [-0.1, -0.05) is 17.7 Å². The molecule has 168 valence electrons. The Balaban J connectivity index is 1.52. The summed E-state index contributed by atoms with van der Waals surface area (Å²) in [5.74, 6) is 0.351. The van der Waals surface area contributed by atoms with Gasteiger partial charge in [-0.25, -0.2) is 0 Å². The maximum Gasteiger partial charge on any atom is 0.416 e. The van der Waals surface area contributed by atoms with E-state index in [1.807, 2.05) is 4.90 Å². The van der Waals surface area contributed by atoms with Gasteiger partial charge in [0.1, 0.15) is 5.02 Å². The molecule has 3 heterocycles. The second-order valence-corrected chi connectivity index (χ2v) is 8.45. The molecule has 0 radical (unpaired) electrons. The summed E-state index contributed by atoms with van der Waals surface area (Å²) >= 11 is 6.34. The number of alkyl halides is 3. The molecule has 2 aromatic rings. The van der Waals surface area contributed by atoms with Crippen molar-refractivity contribution >= 4 is 17.3 Å². The van der Waals surface area contributed by atoms with E-state index in [0.29, 0.717) is 24.7 Å². The van der Waals surface area contributed by atoms with Crippen molar-refractivity contribution in [3.05, 3.63) is 51.4 Å². The number of ether oxygens (including phenoxy) is 1. The van der Waals surface area contributed by atoms with Crippen LogP contribution in [-0.2, 0) is 10.9 Å². The van der Waals surface area contributed by atoms with E-state index in [1.54, 1.807) is 0 Å². The first-order valence-electron chi connectivity index (χ1n) is 10.3. The topological polar surface area (TPSA) is 73.4 Å². The summed E-state index contributed by atoms with van der Waals surface area (Å²) in [4.78, 5) is 14.8. The van der Waals surface area contributed by atoms with Crippen LogP contribution in [0.2, 0.25) is 5.02 Å². The van der Waals surface area contributed by atoms with E-state index < -0.39 is 17.3 Å². The van der Waals surface area contributed by atoms with E-state index in [1.165, 1.54) is 18.3 Å². The molecule has 1 aromatic carbocycles. The van der Waals surface area contributed by atoms with Gasteiger partial charge in [-0.05, 0) is 49.8 Å². The second kappa shape index (κ2) is 8.80. The highest BCUT2D eigenvalue weighted by molar-refractivity contribution is 6.33. The molecule has 10 heteroatoms. The number of rotatable bonds is 3. The summed E-state index contributed by atoms with van der Waals surface area (Å²) < 4.78 is 45.8. The standard InChI is InChI=1S/C21H24ClF3N4O2/c22-18-17(28-8-6-13(7-9-28)19-16(26)5-2-10-31-19)12-27-29(20(18)30)15-4-1-3-14(11-15)21(23,24)25/h1,3-4,11-13,16,19H,2,5-10,26H2. The van der Waals surface area contributed by atoms with Crippen molar-refractivity contribution in [1.82, 2.24) is 9.78 Å². The van der Waals surface area contributed by atoms with E-state index in [4.69, 9.17) is 22.1 Å². The van der Waals surface area contributed by atoms with Gasteiger partial charge in [0.2, 0.25) is 0 Å². The maximum atomic E-state index is 13.0. The number of piperidine rings is 1. The van der Waals surface area contributed by atoms with Crippen molar-refractivity contribution in [1.29, 1.82) is 0 Å². The van der Waals surface area contributed by atoms with Crippen LogP contribution < -0.4 is 16.2 Å². The van der Waals surface area contributed by atoms with E-state index in [2.05, 4.69) is 5.10 Å². The largest absolute Gasteiger partial charge is 0.416 e. The van der Waals surface area contributed by atoms with E-state index in [-0.39, 0.29) is 22.9 Å². The van der Waals surface area contributed by atoms with Crippen LogP contribution in [0.25, 0.3) is 5.69 Å². The van der Waals surface area contributed by atoms with Crippen LogP contribution in [-0.4, -0.2) is 41.6 Å². The molecule has 4 rings (SSSR count). The molecule has 2 aliphatic heterocycles. The van der Waals surface area contributed by atoms with E-state index in [0.717, 1.165) is 49.1 Å². The second-order valence-electron chi connectivity index (χ2n) is 8.07. The normalized spacial score (nSPS) is 23.2. The summed E-state index contributed by atoms with van der Waals surface area (Å²) in [6.45, 7) is 2.08. The Labute approximate surface area is 182 Å². The molecule has 0 saturated carbocycles. The van der Waals surface area contributed by atoms with Gasteiger partial charge in [0, 0.05) is 25.7 Å². The predicted octanol–water partition coefficient (Wildman–Crippen LogP) is 3.63. The van der Waals surface area contributed by atoms with E-state index in [9.17, 15) is 18.0 Å². The molecule has 0 amide bonds. The fourth-order valence-electron chi connectivity index (χ4n) is 4.42. The summed E-state index contributed by atoms with van der Waals surface area (Å²) in [7, 11) is 0. The van der Waals surface area contributed by atoms with Crippen molar-refractivity contribution < 1.29 is 17.9 Å². The van der Waals surface area contributed by atoms with Crippen LogP contribution >= 0.6 is 11.6 Å². The molecular formula is C21H24ClF3N4O2. The third kappa shape index (κ3) is 4.58. The molecule has 2 unspecified atom stereocenters. The van der Waals surface area contributed by atoms with Gasteiger partial charge in [0.15, 0.2) is 0 Å². The molecule has 0 bridgehead atoms. The summed E-state index contributed by atoms with van der Waals surface area (Å²) in [5, 5.41) is 4.04. The fraction of sp³-hybridized carbons (Fsp3) is 0.524. The number of hydrogen-bond donors (Lipinski definition) is 1. The highest BCUT2D eigenvalue weighted by Crippen LogP contribution is 2.33. The molecule has 2 fully saturated rings. The molecule has 6 nitrogen and oxygen atoms in total. The van der Waals surface area contributed by atoms with Crippen LogP contribution in [0.3, 0.4) is 0 Å². The Morgan fingerprint density at radius 1 is 1.19 bits per heavy atom. The molecule has 1 aromatic heterocycles. The van der Waals surface area contributed by atoms with Crippen LogP contribution in [0.5, 0.6) is 0 Å². The SMILES string of the molecule is NC1CCCOC1C1CCN(c2cnn(-c3cccc(C(F)(F)F)c3)c(=O)c2Cl)CC1. The van der Waals surface area contributed by atoms with Crippen molar-refractivity contribution in [2.75, 3.05) is 24.6 Å². The Bertz CT molecular complexity index is 989. The first kappa shape index (κ1) is 22.1. The van der Waals surface area contributed by atoms with Crippen molar-refractivity contribution in [3.63, 3.8) is 0 Å². The number of halogens is 4. The van der Waals surface area contributed by atoms with Crippen LogP contribution in [0.4, 0.5) is 18.9 Å². The number of nitrogens with two attached hydrogens (primary N) is 1. The average molecular weight is 457 g/mol. The molecule has 31 heavy (non-hydrogen) atoms. The molecule has 0 spiro atoms. The minimum absolute atomic E-state index is 0.00965. The lowest BCUT2D eigenvalue weighted by Crippen LogP contribution is -2.49. The van der Waals surface area contributed by atoms with Gasteiger partial charge >= 0.3 is 6.18 Å². The zero-order valence-corrected chi connectivity index (χ0v) is 17.6. The van der Waals surface area contributed by atoms with E-state index >= 15 is 0 Å². The van der Waals surface area contributed by atoms with Gasteiger partial charge in [-0.3, -0.25) is 4.79 Å². The Kier molecular flexibility index (Phi) is 6.27. The quantitative estimate of drug-likeness (QED) is 0.763. The number of benzene rings is 1. The molecule has 2 aliphatic rings. The van der Waals surface area contributed by atoms with Crippen molar-refractivity contribution in [2.24, 2.45) is 11.7 Å². The zero-order valence-electron chi connectivity index (χ0n) is 16.8. The van der Waals surface area contributed by atoms with Crippen LogP contribution in [0.15, 0.2) is 35.3 Å². The number of anilines is 1. The summed E-state index contributed by atoms with van der Waals surface area (Å²) in [6, 6.07) is 4.49. The van der Waals surface area contributed by atoms with Gasteiger partial charge in [0.05, 0.1) is 29.2 Å². The molecule has 2 N–H and O–H groups in total. The van der Waals surface area contributed by atoms with Crippen molar-refractivity contribution in [2.45, 2.75) is 44.0 Å². The van der Waals surface area contributed by atoms with Crippen LogP contribution in [0, 0.1) is 5.92 Å². The fourth-order valence-corrected chi connectivity index (χ4v) is 4.67. The number of aromatic nitrogens is 2. The first-order valence-corrected chi connectivity index (χ1v) is 10.7. The minimum Gasteiger partial charge on any atom is -0.376 e. The van der Waals surface area contributed by atoms with Gasteiger partial charge < -0.3 is 15.4 Å². The lowest BCUT2D eigenvalue weighted by Gasteiger charge is -2.40. The zero-order chi connectivity index (χ0) is 22.2. The number of hydrogen-bond acceptors (Lipinski definition) is 5. The third-order valence-corrected chi connectivity index (χ3v) is 6.43.